The molecule has 0 saturated heterocycles. The van der Waals surface area contributed by atoms with E-state index in [-0.39, 0.29) is 11.9 Å². The van der Waals surface area contributed by atoms with E-state index < -0.39 is 0 Å². The van der Waals surface area contributed by atoms with Crippen molar-refractivity contribution < 1.29 is 4.79 Å². The van der Waals surface area contributed by atoms with Crippen LogP contribution in [0, 0.1) is 5.92 Å². The molecule has 1 amide bonds. The number of hydrogen-bond donors (Lipinski definition) is 1. The smallest absolute Gasteiger partial charge is 0.255 e. The Morgan fingerprint density at radius 1 is 1.04 bits per heavy atom. The highest BCUT2D eigenvalue weighted by Gasteiger charge is 2.38. The molecule has 3 aromatic rings. The maximum Gasteiger partial charge on any atom is 0.255 e. The van der Waals surface area contributed by atoms with E-state index in [1.165, 1.54) is 10.9 Å². The topological polar surface area (TPSA) is 36.1 Å². The Balaban J connectivity index is 1.84. The molecule has 0 saturated carbocycles. The lowest BCUT2D eigenvalue weighted by Gasteiger charge is -2.26. The van der Waals surface area contributed by atoms with E-state index in [0.29, 0.717) is 5.92 Å². The number of aromatic amines is 1. The minimum absolute atomic E-state index is 0.00333. The van der Waals surface area contributed by atoms with Gasteiger partial charge in [-0.05, 0) is 30.0 Å². The van der Waals surface area contributed by atoms with Crippen LogP contribution in [0.2, 0.25) is 0 Å². The van der Waals surface area contributed by atoms with Crippen LogP contribution in [0.5, 0.6) is 0 Å². The molecule has 24 heavy (non-hydrogen) atoms. The van der Waals surface area contributed by atoms with E-state index in [1.807, 2.05) is 29.2 Å². The first-order chi connectivity index (χ1) is 11.7. The summed E-state index contributed by atoms with van der Waals surface area (Å²) in [7, 11) is 0. The molecule has 1 aliphatic heterocycles. The number of carbonyl (C=O) groups excluding carboxylic acids is 1. The summed E-state index contributed by atoms with van der Waals surface area (Å²) >= 11 is 0. The van der Waals surface area contributed by atoms with Crippen LogP contribution in [0.3, 0.4) is 0 Å². The van der Waals surface area contributed by atoms with Crippen molar-refractivity contribution in [2.24, 2.45) is 5.92 Å². The van der Waals surface area contributed by atoms with Crippen LogP contribution in [-0.2, 0) is 0 Å². The molecule has 0 aliphatic carbocycles. The molecule has 0 spiro atoms. The van der Waals surface area contributed by atoms with Gasteiger partial charge < -0.3 is 9.88 Å². The van der Waals surface area contributed by atoms with Crippen molar-refractivity contribution in [3.63, 3.8) is 0 Å². The third kappa shape index (κ3) is 2.32. The molecule has 3 heteroatoms. The van der Waals surface area contributed by atoms with Gasteiger partial charge >= 0.3 is 0 Å². The van der Waals surface area contributed by atoms with E-state index in [0.717, 1.165) is 29.6 Å². The summed E-state index contributed by atoms with van der Waals surface area (Å²) in [6.07, 6.45) is 3.08. The molecule has 0 fully saturated rings. The normalized spacial score (nSPS) is 17.0. The monoisotopic (exact) mass is 318 g/mol. The molecular formula is C21H22N2O. The maximum atomic E-state index is 13.0. The Labute approximate surface area is 142 Å². The number of H-pyrrole nitrogens is 1. The number of hydrogen-bond acceptors (Lipinski definition) is 1. The number of benzene rings is 2. The number of carbonyl (C=O) groups is 1. The Bertz CT molecular complexity index is 893. The molecular weight excluding hydrogens is 296 g/mol. The van der Waals surface area contributed by atoms with Crippen molar-refractivity contribution in [1.82, 2.24) is 9.88 Å². The summed E-state index contributed by atoms with van der Waals surface area (Å²) in [6, 6.07) is 16.3. The van der Waals surface area contributed by atoms with Crippen molar-refractivity contribution in [2.75, 3.05) is 6.54 Å². The van der Waals surface area contributed by atoms with Crippen molar-refractivity contribution in [3.05, 3.63) is 71.4 Å². The van der Waals surface area contributed by atoms with Crippen LogP contribution in [0.15, 0.2) is 54.7 Å². The molecule has 1 aliphatic rings. The lowest BCUT2D eigenvalue weighted by Crippen LogP contribution is -2.30. The first kappa shape index (κ1) is 15.0. The molecule has 1 aromatic heterocycles. The molecule has 2 aromatic carbocycles. The third-order valence-corrected chi connectivity index (χ3v) is 4.92. The van der Waals surface area contributed by atoms with Crippen LogP contribution in [-0.4, -0.2) is 22.3 Å². The van der Waals surface area contributed by atoms with Crippen molar-refractivity contribution >= 4 is 16.8 Å². The average Bonchev–Trinajstić information content (AvgIpc) is 3.12. The quantitative estimate of drug-likeness (QED) is 0.740. The number of amides is 1. The summed E-state index contributed by atoms with van der Waals surface area (Å²) in [5.74, 6) is 0.728. The summed E-state index contributed by atoms with van der Waals surface area (Å²) in [6.45, 7) is 5.19. The predicted octanol–water partition coefficient (Wildman–Crippen LogP) is 4.76. The molecule has 0 bridgehead atoms. The molecule has 4 rings (SSSR count). The first-order valence-corrected chi connectivity index (χ1v) is 8.62. The second-order valence-corrected chi connectivity index (χ2v) is 6.96. The van der Waals surface area contributed by atoms with Crippen molar-refractivity contribution in [3.8, 4) is 0 Å². The fraction of sp³-hybridized carbons (Fsp3) is 0.286. The van der Waals surface area contributed by atoms with Crippen LogP contribution >= 0.6 is 0 Å². The van der Waals surface area contributed by atoms with Crippen molar-refractivity contribution in [1.29, 1.82) is 0 Å². The minimum Gasteiger partial charge on any atom is -0.361 e. The van der Waals surface area contributed by atoms with Gasteiger partial charge in [-0.3, -0.25) is 4.79 Å². The van der Waals surface area contributed by atoms with Gasteiger partial charge in [0.2, 0.25) is 0 Å². The Kier molecular flexibility index (Phi) is 3.64. The first-order valence-electron chi connectivity index (χ1n) is 8.62. The molecule has 1 atom stereocenters. The number of nitrogens with zero attached hydrogens (tertiary/aromatic N) is 1. The number of nitrogens with one attached hydrogen (secondary N) is 1. The van der Waals surface area contributed by atoms with Crippen LogP contribution in [0.1, 0.15) is 47.8 Å². The molecule has 0 unspecified atom stereocenters. The van der Waals surface area contributed by atoms with Gasteiger partial charge in [0.25, 0.3) is 5.91 Å². The van der Waals surface area contributed by atoms with E-state index in [2.05, 4.69) is 49.3 Å². The Morgan fingerprint density at radius 3 is 2.62 bits per heavy atom. The zero-order valence-electron chi connectivity index (χ0n) is 14.1. The second kappa shape index (κ2) is 5.82. The molecule has 2 heterocycles. The highest BCUT2D eigenvalue weighted by Crippen LogP contribution is 2.41. The fourth-order valence-electron chi connectivity index (χ4n) is 3.65. The summed E-state index contributed by atoms with van der Waals surface area (Å²) < 4.78 is 0. The molecule has 0 radical (unpaired) electrons. The number of para-hydroxylation sites is 1. The van der Waals surface area contributed by atoms with E-state index in [1.54, 1.807) is 0 Å². The van der Waals surface area contributed by atoms with Crippen LogP contribution < -0.4 is 0 Å². The third-order valence-electron chi connectivity index (χ3n) is 4.92. The fourth-order valence-corrected chi connectivity index (χ4v) is 3.65. The highest BCUT2D eigenvalue weighted by atomic mass is 16.2. The molecule has 122 valence electrons. The number of fused-ring (bicyclic) bond motifs is 2. The van der Waals surface area contributed by atoms with Gasteiger partial charge in [0.15, 0.2) is 0 Å². The predicted molar refractivity (Wildman–Crippen MR) is 97.1 cm³/mol. The standard InChI is InChI=1S/C21H22N2O/c1-14(2)11-12-23-20(16-8-3-4-9-17(16)21(23)24)18-13-22-19-10-6-5-7-15(18)19/h3-10,13-14,20,22H,11-12H2,1-2H3/t20-/m1/s1. The van der Waals surface area contributed by atoms with E-state index in [9.17, 15) is 4.79 Å². The number of aromatic nitrogens is 1. The summed E-state index contributed by atoms with van der Waals surface area (Å²) in [5.41, 5.74) is 4.27. The lowest BCUT2D eigenvalue weighted by atomic mass is 9.97. The van der Waals surface area contributed by atoms with Gasteiger partial charge in [0.05, 0.1) is 6.04 Å². The van der Waals surface area contributed by atoms with Crippen molar-refractivity contribution in [2.45, 2.75) is 26.3 Å². The minimum atomic E-state index is 0.00333. The number of rotatable bonds is 4. The second-order valence-electron chi connectivity index (χ2n) is 6.96. The van der Waals surface area contributed by atoms with E-state index >= 15 is 0 Å². The van der Waals surface area contributed by atoms with Gasteiger partial charge in [0, 0.05) is 34.8 Å². The van der Waals surface area contributed by atoms with Gasteiger partial charge in [-0.1, -0.05) is 50.2 Å². The Morgan fingerprint density at radius 2 is 1.79 bits per heavy atom. The van der Waals surface area contributed by atoms with Crippen LogP contribution in [0.4, 0.5) is 0 Å². The Hall–Kier alpha value is -2.55. The highest BCUT2D eigenvalue weighted by molar-refractivity contribution is 6.00. The largest absolute Gasteiger partial charge is 0.361 e. The summed E-state index contributed by atoms with van der Waals surface area (Å²) in [4.78, 5) is 18.4. The summed E-state index contributed by atoms with van der Waals surface area (Å²) in [5, 5.41) is 1.20. The van der Waals surface area contributed by atoms with Gasteiger partial charge in [-0.15, -0.1) is 0 Å². The van der Waals surface area contributed by atoms with Crippen LogP contribution in [0.25, 0.3) is 10.9 Å². The van der Waals surface area contributed by atoms with Gasteiger partial charge in [-0.25, -0.2) is 0 Å². The lowest BCUT2D eigenvalue weighted by molar-refractivity contribution is 0.0742. The zero-order chi connectivity index (χ0) is 16.7. The maximum absolute atomic E-state index is 13.0. The van der Waals surface area contributed by atoms with Gasteiger partial charge in [0.1, 0.15) is 0 Å². The molecule has 1 N–H and O–H groups in total. The SMILES string of the molecule is CC(C)CCN1C(=O)c2ccccc2[C@@H]1c1c[nH]c2ccccc12. The van der Waals surface area contributed by atoms with Gasteiger partial charge in [-0.2, -0.15) is 0 Å². The zero-order valence-corrected chi connectivity index (χ0v) is 14.1. The van der Waals surface area contributed by atoms with E-state index in [4.69, 9.17) is 0 Å². The molecule has 3 nitrogen and oxygen atoms in total. The average molecular weight is 318 g/mol.